The maximum Gasteiger partial charge on any atom is 0.259 e. The monoisotopic (exact) mass is 255 g/mol. The summed E-state index contributed by atoms with van der Waals surface area (Å²) in [4.78, 5) is 12.6. The molecule has 0 spiro atoms. The van der Waals surface area contributed by atoms with Crippen molar-refractivity contribution in [3.63, 3.8) is 0 Å². The highest BCUT2D eigenvalue weighted by atomic mass is 32.2. The molecule has 2 rings (SSSR count). The molecule has 1 saturated heterocycles. The summed E-state index contributed by atoms with van der Waals surface area (Å²) in [5, 5.41) is 9.99. The number of halogens is 1. The zero-order valence-electron chi connectivity index (χ0n) is 9.30. The van der Waals surface area contributed by atoms with E-state index >= 15 is 0 Å². The van der Waals surface area contributed by atoms with E-state index in [1.54, 1.807) is 12.1 Å². The fourth-order valence-electron chi connectivity index (χ4n) is 1.78. The largest absolute Gasteiger partial charge is 0.286 e. The molecule has 92 valence electrons. The van der Waals surface area contributed by atoms with Crippen molar-refractivity contribution in [1.29, 1.82) is 0 Å². The van der Waals surface area contributed by atoms with E-state index < -0.39 is 0 Å². The van der Waals surface area contributed by atoms with Crippen molar-refractivity contribution in [3.05, 3.63) is 30.1 Å². The molecule has 1 N–H and O–H groups in total. The maximum atomic E-state index is 12.7. The number of hydrogen-bond acceptors (Lipinski definition) is 3. The number of nitrogens with zero attached hydrogens (tertiary/aromatic N) is 1. The van der Waals surface area contributed by atoms with Gasteiger partial charge >= 0.3 is 0 Å². The van der Waals surface area contributed by atoms with Gasteiger partial charge in [-0.1, -0.05) is 0 Å². The van der Waals surface area contributed by atoms with Crippen molar-refractivity contribution in [2.45, 2.75) is 29.4 Å². The first-order valence-corrected chi connectivity index (χ1v) is 6.47. The average Bonchev–Trinajstić information content (AvgIpc) is 2.48. The Morgan fingerprint density at radius 1 is 1.29 bits per heavy atom. The Balaban J connectivity index is 2.06. The normalized spacial score (nSPS) is 21.4. The molecule has 1 unspecified atom stereocenters. The molecule has 1 fully saturated rings. The number of carbonyl (C=O) groups is 1. The third-order valence-electron chi connectivity index (χ3n) is 2.71. The van der Waals surface area contributed by atoms with E-state index in [1.165, 1.54) is 23.9 Å². The average molecular weight is 255 g/mol. The van der Waals surface area contributed by atoms with Gasteiger partial charge < -0.3 is 0 Å². The van der Waals surface area contributed by atoms with Crippen LogP contribution in [0.4, 0.5) is 4.39 Å². The van der Waals surface area contributed by atoms with E-state index in [4.69, 9.17) is 0 Å². The molecule has 1 aliphatic rings. The summed E-state index contributed by atoms with van der Waals surface area (Å²) in [7, 11) is 0. The van der Waals surface area contributed by atoms with Crippen LogP contribution in [-0.4, -0.2) is 28.0 Å². The second kappa shape index (κ2) is 5.51. The SMILES string of the molecule is O=C1C(Sc2ccc(F)cc2)CCCCN1O. The van der Waals surface area contributed by atoms with Crippen LogP contribution < -0.4 is 0 Å². The van der Waals surface area contributed by atoms with Crippen LogP contribution in [-0.2, 0) is 4.79 Å². The van der Waals surface area contributed by atoms with Crippen molar-refractivity contribution in [1.82, 2.24) is 5.06 Å². The number of hydrogen-bond donors (Lipinski definition) is 1. The molecule has 3 nitrogen and oxygen atoms in total. The van der Waals surface area contributed by atoms with Gasteiger partial charge in [0.1, 0.15) is 5.82 Å². The predicted octanol–water partition coefficient (Wildman–Crippen LogP) is 2.69. The number of carbonyl (C=O) groups excluding carboxylic acids is 1. The summed E-state index contributed by atoms with van der Waals surface area (Å²) < 4.78 is 12.7. The van der Waals surface area contributed by atoms with Crippen LogP contribution in [0.5, 0.6) is 0 Å². The van der Waals surface area contributed by atoms with E-state index in [1.807, 2.05) is 0 Å². The molecule has 1 aromatic rings. The molecule has 5 heteroatoms. The summed E-state index contributed by atoms with van der Waals surface area (Å²) in [5.41, 5.74) is 0. The minimum Gasteiger partial charge on any atom is -0.286 e. The van der Waals surface area contributed by atoms with Crippen molar-refractivity contribution >= 4 is 17.7 Å². The first-order chi connectivity index (χ1) is 8.16. The smallest absolute Gasteiger partial charge is 0.259 e. The van der Waals surface area contributed by atoms with Crippen LogP contribution >= 0.6 is 11.8 Å². The molecule has 0 saturated carbocycles. The van der Waals surface area contributed by atoms with Gasteiger partial charge in [-0.05, 0) is 43.5 Å². The standard InChI is InChI=1S/C12H14FNO2S/c13-9-4-6-10(7-5-9)17-11-3-1-2-8-14(16)12(11)15/h4-7,11,16H,1-3,8H2. The fourth-order valence-corrected chi connectivity index (χ4v) is 2.91. The summed E-state index contributed by atoms with van der Waals surface area (Å²) >= 11 is 1.38. The Kier molecular flexibility index (Phi) is 4.02. The molecule has 1 aliphatic heterocycles. The first-order valence-electron chi connectivity index (χ1n) is 5.59. The van der Waals surface area contributed by atoms with E-state index in [0.29, 0.717) is 6.54 Å². The summed E-state index contributed by atoms with van der Waals surface area (Å²) in [6.07, 6.45) is 2.49. The van der Waals surface area contributed by atoms with Crippen molar-refractivity contribution in [3.8, 4) is 0 Å². The highest BCUT2D eigenvalue weighted by Gasteiger charge is 2.26. The van der Waals surface area contributed by atoms with E-state index in [2.05, 4.69) is 0 Å². The van der Waals surface area contributed by atoms with Crippen molar-refractivity contribution in [2.75, 3.05) is 6.54 Å². The minimum absolute atomic E-state index is 0.253. The lowest BCUT2D eigenvalue weighted by Crippen LogP contribution is -2.33. The molecular weight excluding hydrogens is 241 g/mol. The molecule has 0 bridgehead atoms. The molecule has 1 atom stereocenters. The summed E-state index contributed by atoms with van der Waals surface area (Å²) in [5.74, 6) is -0.540. The third kappa shape index (κ3) is 3.20. The van der Waals surface area contributed by atoms with Gasteiger partial charge in [0.15, 0.2) is 0 Å². The number of benzene rings is 1. The highest BCUT2D eigenvalue weighted by molar-refractivity contribution is 8.00. The van der Waals surface area contributed by atoms with Crippen molar-refractivity contribution in [2.24, 2.45) is 0 Å². The van der Waals surface area contributed by atoms with Crippen LogP contribution in [0.3, 0.4) is 0 Å². The van der Waals surface area contributed by atoms with E-state index in [9.17, 15) is 14.4 Å². The van der Waals surface area contributed by atoms with Gasteiger partial charge in [0.25, 0.3) is 5.91 Å². The number of thioether (sulfide) groups is 1. The number of rotatable bonds is 2. The Labute approximate surface area is 104 Å². The van der Waals surface area contributed by atoms with Crippen LogP contribution in [0, 0.1) is 5.82 Å². The topological polar surface area (TPSA) is 40.5 Å². The third-order valence-corrected chi connectivity index (χ3v) is 3.97. The number of amides is 1. The van der Waals surface area contributed by atoms with Gasteiger partial charge in [-0.15, -0.1) is 11.8 Å². The molecule has 1 aromatic carbocycles. The van der Waals surface area contributed by atoms with Crippen molar-refractivity contribution < 1.29 is 14.4 Å². The molecule has 0 aromatic heterocycles. The lowest BCUT2D eigenvalue weighted by Gasteiger charge is -2.17. The van der Waals surface area contributed by atoms with Gasteiger partial charge in [0.05, 0.1) is 5.25 Å². The Morgan fingerprint density at radius 3 is 2.71 bits per heavy atom. The Bertz CT molecular complexity index is 396. The van der Waals surface area contributed by atoms with Crippen LogP contribution in [0.15, 0.2) is 29.2 Å². The molecular formula is C12H14FNO2S. The molecule has 17 heavy (non-hydrogen) atoms. The van der Waals surface area contributed by atoms with Gasteiger partial charge in [-0.2, -0.15) is 0 Å². The summed E-state index contributed by atoms with van der Waals surface area (Å²) in [6.45, 7) is 0.402. The van der Waals surface area contributed by atoms with Crippen LogP contribution in [0.2, 0.25) is 0 Å². The van der Waals surface area contributed by atoms with Crippen LogP contribution in [0.25, 0.3) is 0 Å². The first kappa shape index (κ1) is 12.4. The van der Waals surface area contributed by atoms with E-state index in [-0.39, 0.29) is 17.0 Å². The van der Waals surface area contributed by atoms with E-state index in [0.717, 1.165) is 29.2 Å². The quantitative estimate of drug-likeness (QED) is 0.826. The summed E-state index contributed by atoms with van der Waals surface area (Å²) in [6, 6.07) is 6.06. The zero-order valence-corrected chi connectivity index (χ0v) is 10.1. The Morgan fingerprint density at radius 2 is 2.00 bits per heavy atom. The second-order valence-corrected chi connectivity index (χ2v) is 5.29. The fraction of sp³-hybridized carbons (Fsp3) is 0.417. The number of hydroxylamine groups is 2. The van der Waals surface area contributed by atoms with Gasteiger partial charge in [-0.3, -0.25) is 10.0 Å². The highest BCUT2D eigenvalue weighted by Crippen LogP contribution is 2.29. The lowest BCUT2D eigenvalue weighted by molar-refractivity contribution is -0.163. The predicted molar refractivity (Wildman–Crippen MR) is 63.4 cm³/mol. The minimum atomic E-state index is -0.287. The lowest BCUT2D eigenvalue weighted by atomic mass is 10.2. The molecule has 0 radical (unpaired) electrons. The van der Waals surface area contributed by atoms with Crippen LogP contribution in [0.1, 0.15) is 19.3 Å². The maximum absolute atomic E-state index is 12.7. The van der Waals surface area contributed by atoms with Gasteiger partial charge in [0.2, 0.25) is 0 Å². The molecule has 0 aliphatic carbocycles. The molecule has 1 amide bonds. The zero-order chi connectivity index (χ0) is 12.3. The molecule has 1 heterocycles. The Hall–Kier alpha value is -1.07. The van der Waals surface area contributed by atoms with Gasteiger partial charge in [0, 0.05) is 11.4 Å². The van der Waals surface area contributed by atoms with Gasteiger partial charge in [-0.25, -0.2) is 9.45 Å². The second-order valence-electron chi connectivity index (χ2n) is 4.02.